The molecule has 1 aliphatic rings. The summed E-state index contributed by atoms with van der Waals surface area (Å²) in [6.45, 7) is 2.78. The normalized spacial score (nSPS) is 13.2. The van der Waals surface area contributed by atoms with Gasteiger partial charge < -0.3 is 4.74 Å². The molecule has 98 valence electrons. The molecule has 2 aromatic heterocycles. The Labute approximate surface area is 117 Å². The summed E-state index contributed by atoms with van der Waals surface area (Å²) in [6, 6.07) is 12.2. The third-order valence-corrected chi connectivity index (χ3v) is 3.72. The molecule has 1 aliphatic heterocycles. The van der Waals surface area contributed by atoms with Gasteiger partial charge in [0.05, 0.1) is 17.8 Å². The van der Waals surface area contributed by atoms with Crippen LogP contribution in [0.5, 0.6) is 5.75 Å². The number of aryl methyl sites for hydroxylation is 1. The molecule has 3 nitrogen and oxygen atoms in total. The van der Waals surface area contributed by atoms with Crippen molar-refractivity contribution in [3.8, 4) is 17.0 Å². The topological polar surface area (TPSA) is 35.0 Å². The Hall–Kier alpha value is -2.42. The van der Waals surface area contributed by atoms with Crippen molar-refractivity contribution in [2.75, 3.05) is 6.61 Å². The largest absolute Gasteiger partial charge is 0.493 e. The molecule has 20 heavy (non-hydrogen) atoms. The van der Waals surface area contributed by atoms with Crippen LogP contribution in [-0.2, 0) is 6.42 Å². The molecule has 3 heteroatoms. The van der Waals surface area contributed by atoms with E-state index in [1.165, 1.54) is 5.56 Å². The molecule has 0 aliphatic carbocycles. The summed E-state index contributed by atoms with van der Waals surface area (Å²) in [5, 5.41) is 1.15. The van der Waals surface area contributed by atoms with Crippen molar-refractivity contribution in [2.24, 2.45) is 0 Å². The first-order valence-corrected chi connectivity index (χ1v) is 6.80. The highest BCUT2D eigenvalue weighted by Crippen LogP contribution is 2.35. The Balaban J connectivity index is 2.07. The lowest BCUT2D eigenvalue weighted by molar-refractivity contribution is 0.357. The molecule has 3 heterocycles. The minimum atomic E-state index is 0.753. The van der Waals surface area contributed by atoms with Crippen LogP contribution in [0, 0.1) is 6.92 Å². The lowest BCUT2D eigenvalue weighted by Gasteiger charge is -2.10. The van der Waals surface area contributed by atoms with Gasteiger partial charge in [-0.05, 0) is 37.3 Å². The maximum atomic E-state index is 5.64. The highest BCUT2D eigenvalue weighted by molar-refractivity contribution is 5.96. The Kier molecular flexibility index (Phi) is 2.46. The number of pyridine rings is 2. The van der Waals surface area contributed by atoms with E-state index in [4.69, 9.17) is 9.72 Å². The van der Waals surface area contributed by atoms with E-state index in [0.717, 1.165) is 46.6 Å². The lowest BCUT2D eigenvalue weighted by atomic mass is 10.0. The molecular formula is C17H14N2O. The van der Waals surface area contributed by atoms with Gasteiger partial charge in [0.25, 0.3) is 0 Å². The smallest absolute Gasteiger partial charge is 0.124 e. The van der Waals surface area contributed by atoms with Gasteiger partial charge >= 0.3 is 0 Å². The Morgan fingerprint density at radius 2 is 2.10 bits per heavy atom. The molecule has 0 bridgehead atoms. The average molecular weight is 262 g/mol. The molecule has 0 amide bonds. The molecule has 0 saturated heterocycles. The second-order valence-electron chi connectivity index (χ2n) is 5.06. The molecule has 0 fully saturated rings. The van der Waals surface area contributed by atoms with Gasteiger partial charge in [-0.1, -0.05) is 6.07 Å². The summed E-state index contributed by atoms with van der Waals surface area (Å²) < 4.78 is 5.64. The zero-order chi connectivity index (χ0) is 13.5. The van der Waals surface area contributed by atoms with Gasteiger partial charge in [-0.2, -0.15) is 0 Å². The fourth-order valence-electron chi connectivity index (χ4n) is 2.83. The molecule has 0 spiro atoms. The molecule has 3 aromatic rings. The predicted molar refractivity (Wildman–Crippen MR) is 78.9 cm³/mol. The predicted octanol–water partition coefficient (Wildman–Crippen LogP) is 3.54. The van der Waals surface area contributed by atoms with Gasteiger partial charge in [0.2, 0.25) is 0 Å². The van der Waals surface area contributed by atoms with Crippen molar-refractivity contribution < 1.29 is 4.74 Å². The zero-order valence-corrected chi connectivity index (χ0v) is 11.3. The van der Waals surface area contributed by atoms with Gasteiger partial charge in [0.1, 0.15) is 5.75 Å². The van der Waals surface area contributed by atoms with Crippen LogP contribution in [0.2, 0.25) is 0 Å². The molecule has 0 saturated carbocycles. The van der Waals surface area contributed by atoms with Crippen molar-refractivity contribution in [3.05, 3.63) is 53.9 Å². The minimum absolute atomic E-state index is 0.753. The average Bonchev–Trinajstić information content (AvgIpc) is 2.96. The van der Waals surface area contributed by atoms with Gasteiger partial charge in [-0.3, -0.25) is 9.97 Å². The van der Waals surface area contributed by atoms with Crippen molar-refractivity contribution in [3.63, 3.8) is 0 Å². The second-order valence-corrected chi connectivity index (χ2v) is 5.06. The number of fused-ring (bicyclic) bond motifs is 3. The van der Waals surface area contributed by atoms with Crippen LogP contribution in [0.25, 0.3) is 22.2 Å². The lowest BCUT2D eigenvalue weighted by Crippen LogP contribution is -1.93. The van der Waals surface area contributed by atoms with Crippen molar-refractivity contribution in [1.82, 2.24) is 9.97 Å². The number of rotatable bonds is 1. The summed E-state index contributed by atoms with van der Waals surface area (Å²) in [5.41, 5.74) is 5.42. The van der Waals surface area contributed by atoms with E-state index in [2.05, 4.69) is 17.1 Å². The van der Waals surface area contributed by atoms with E-state index in [0.29, 0.717) is 0 Å². The number of hydrogen-bond donors (Lipinski definition) is 0. The Morgan fingerprint density at radius 1 is 1.15 bits per heavy atom. The standard InChI is InChI=1S/C17H14N2O/c1-11-10-14(15-4-2-3-8-18-15)12-5-6-16-13(7-9-20-16)17(12)19-11/h2-6,8,10H,7,9H2,1H3. The minimum Gasteiger partial charge on any atom is -0.493 e. The highest BCUT2D eigenvalue weighted by Gasteiger charge is 2.18. The summed E-state index contributed by atoms with van der Waals surface area (Å²) in [7, 11) is 0. The summed E-state index contributed by atoms with van der Waals surface area (Å²) in [4.78, 5) is 9.20. The van der Waals surface area contributed by atoms with Gasteiger partial charge in [0, 0.05) is 34.8 Å². The summed E-state index contributed by atoms with van der Waals surface area (Å²) in [6.07, 6.45) is 2.76. The molecular weight excluding hydrogens is 248 g/mol. The van der Waals surface area contributed by atoms with Gasteiger partial charge in [-0.25, -0.2) is 0 Å². The number of nitrogens with zero attached hydrogens (tertiary/aromatic N) is 2. The van der Waals surface area contributed by atoms with Crippen LogP contribution in [0.15, 0.2) is 42.6 Å². The van der Waals surface area contributed by atoms with E-state index in [1.807, 2.05) is 37.4 Å². The van der Waals surface area contributed by atoms with Crippen LogP contribution >= 0.6 is 0 Å². The quantitative estimate of drug-likeness (QED) is 0.672. The first-order chi connectivity index (χ1) is 9.83. The highest BCUT2D eigenvalue weighted by atomic mass is 16.5. The zero-order valence-electron chi connectivity index (χ0n) is 11.3. The molecule has 4 rings (SSSR count). The van der Waals surface area contributed by atoms with E-state index in [-0.39, 0.29) is 0 Å². The Morgan fingerprint density at radius 3 is 2.95 bits per heavy atom. The van der Waals surface area contributed by atoms with Gasteiger partial charge in [-0.15, -0.1) is 0 Å². The molecule has 0 atom stereocenters. The van der Waals surface area contributed by atoms with Crippen molar-refractivity contribution in [2.45, 2.75) is 13.3 Å². The molecule has 0 N–H and O–H groups in total. The van der Waals surface area contributed by atoms with Crippen LogP contribution in [-0.4, -0.2) is 16.6 Å². The summed E-state index contributed by atoms with van der Waals surface area (Å²) in [5.74, 6) is 0.975. The number of benzene rings is 1. The number of ether oxygens (including phenoxy) is 1. The van der Waals surface area contributed by atoms with Crippen molar-refractivity contribution >= 4 is 10.9 Å². The van der Waals surface area contributed by atoms with E-state index in [9.17, 15) is 0 Å². The van der Waals surface area contributed by atoms with Crippen LogP contribution in [0.4, 0.5) is 0 Å². The van der Waals surface area contributed by atoms with E-state index < -0.39 is 0 Å². The van der Waals surface area contributed by atoms with Gasteiger partial charge in [0.15, 0.2) is 0 Å². The van der Waals surface area contributed by atoms with Crippen LogP contribution in [0.1, 0.15) is 11.3 Å². The number of aromatic nitrogens is 2. The maximum Gasteiger partial charge on any atom is 0.124 e. The Bertz CT molecular complexity index is 797. The maximum absolute atomic E-state index is 5.64. The summed E-state index contributed by atoms with van der Waals surface area (Å²) >= 11 is 0. The third kappa shape index (κ3) is 1.67. The van der Waals surface area contributed by atoms with Crippen molar-refractivity contribution in [1.29, 1.82) is 0 Å². The van der Waals surface area contributed by atoms with E-state index in [1.54, 1.807) is 0 Å². The second kappa shape index (κ2) is 4.30. The third-order valence-electron chi connectivity index (χ3n) is 3.72. The first-order valence-electron chi connectivity index (χ1n) is 6.80. The van der Waals surface area contributed by atoms with Crippen LogP contribution < -0.4 is 4.74 Å². The first kappa shape index (κ1) is 11.4. The molecule has 0 radical (unpaired) electrons. The SMILES string of the molecule is Cc1cc(-c2ccccn2)c2ccc3c(c2n1)CCO3. The monoisotopic (exact) mass is 262 g/mol. The molecule has 1 aromatic carbocycles. The van der Waals surface area contributed by atoms with Crippen LogP contribution in [0.3, 0.4) is 0 Å². The fraction of sp³-hybridized carbons (Fsp3) is 0.176. The molecule has 0 unspecified atom stereocenters. The number of hydrogen-bond acceptors (Lipinski definition) is 3. The van der Waals surface area contributed by atoms with E-state index >= 15 is 0 Å². The fourth-order valence-corrected chi connectivity index (χ4v) is 2.83.